The Kier molecular flexibility index (Phi) is 6.80. The Labute approximate surface area is 180 Å². The van der Waals surface area contributed by atoms with Crippen molar-refractivity contribution in [3.05, 3.63) is 55.9 Å². The number of rotatable bonds is 6. The van der Waals surface area contributed by atoms with E-state index in [1.165, 1.54) is 24.4 Å². The molecule has 0 saturated carbocycles. The maximum Gasteiger partial charge on any atom is 0.271 e. The predicted molar refractivity (Wildman–Crippen MR) is 113 cm³/mol. The number of carbonyl (C=O) groups is 2. The summed E-state index contributed by atoms with van der Waals surface area (Å²) in [5.41, 5.74) is 0.226. The number of amides is 2. The van der Waals surface area contributed by atoms with Gasteiger partial charge in [0.2, 0.25) is 5.91 Å². The summed E-state index contributed by atoms with van der Waals surface area (Å²) in [5.74, 6) is -0.785. The Bertz CT molecular complexity index is 1070. The monoisotopic (exact) mass is 452 g/mol. The van der Waals surface area contributed by atoms with Crippen molar-refractivity contribution >= 4 is 46.7 Å². The number of carbonyl (C=O) groups excluding carboxylic acids is 2. The van der Waals surface area contributed by atoms with E-state index >= 15 is 0 Å². The maximum atomic E-state index is 12.3. The SMILES string of the molecule is O=C(CNC(=O)c1c[nH]c(=O)c(NC2=NCCN2)c1)NCc1cc(Cl)cc(Cl)c1O. The molecule has 0 spiro atoms. The number of nitrogens with zero attached hydrogens (tertiary/aromatic N) is 1. The molecule has 1 aromatic carbocycles. The summed E-state index contributed by atoms with van der Waals surface area (Å²) in [7, 11) is 0. The van der Waals surface area contributed by atoms with Gasteiger partial charge in [0, 0.05) is 29.9 Å². The molecular formula is C18H18Cl2N6O4. The fourth-order valence-electron chi connectivity index (χ4n) is 2.59. The zero-order valence-electron chi connectivity index (χ0n) is 15.5. The molecule has 1 aromatic heterocycles. The van der Waals surface area contributed by atoms with Crippen LogP contribution in [-0.4, -0.2) is 47.5 Å². The average molecular weight is 453 g/mol. The Morgan fingerprint density at radius 3 is 2.73 bits per heavy atom. The summed E-state index contributed by atoms with van der Waals surface area (Å²) < 4.78 is 0. The fourth-order valence-corrected chi connectivity index (χ4v) is 3.13. The second-order valence-electron chi connectivity index (χ2n) is 6.27. The van der Waals surface area contributed by atoms with Crippen LogP contribution in [0.3, 0.4) is 0 Å². The van der Waals surface area contributed by atoms with E-state index in [-0.39, 0.29) is 35.1 Å². The number of pyridine rings is 1. The zero-order chi connectivity index (χ0) is 21.7. The lowest BCUT2D eigenvalue weighted by molar-refractivity contribution is -0.120. The number of aromatic amines is 1. The molecule has 2 amide bonds. The lowest BCUT2D eigenvalue weighted by Gasteiger charge is -2.10. The molecule has 12 heteroatoms. The van der Waals surface area contributed by atoms with Crippen LogP contribution in [0.4, 0.5) is 5.69 Å². The molecule has 6 N–H and O–H groups in total. The molecule has 158 valence electrons. The number of halogens is 2. The number of aromatic hydroxyl groups is 1. The first-order valence-electron chi connectivity index (χ1n) is 8.83. The van der Waals surface area contributed by atoms with E-state index in [1.54, 1.807) is 0 Å². The van der Waals surface area contributed by atoms with Gasteiger partial charge in [-0.2, -0.15) is 0 Å². The van der Waals surface area contributed by atoms with Gasteiger partial charge in [-0.05, 0) is 18.2 Å². The molecule has 0 saturated heterocycles. The van der Waals surface area contributed by atoms with Crippen LogP contribution < -0.4 is 26.8 Å². The van der Waals surface area contributed by atoms with Crippen molar-refractivity contribution < 1.29 is 14.7 Å². The van der Waals surface area contributed by atoms with Crippen molar-refractivity contribution in [3.63, 3.8) is 0 Å². The summed E-state index contributed by atoms with van der Waals surface area (Å²) in [6.45, 7) is 0.913. The lowest BCUT2D eigenvalue weighted by Crippen LogP contribution is -2.37. The Morgan fingerprint density at radius 1 is 1.20 bits per heavy atom. The number of hydrogen-bond donors (Lipinski definition) is 6. The summed E-state index contributed by atoms with van der Waals surface area (Å²) in [6, 6.07) is 4.22. The molecule has 1 aliphatic heterocycles. The third-order valence-corrected chi connectivity index (χ3v) is 4.59. The molecule has 0 unspecified atom stereocenters. The molecule has 0 atom stereocenters. The molecule has 1 aliphatic rings. The highest BCUT2D eigenvalue weighted by atomic mass is 35.5. The number of nitrogens with one attached hydrogen (secondary N) is 5. The van der Waals surface area contributed by atoms with Crippen LogP contribution in [0.1, 0.15) is 15.9 Å². The van der Waals surface area contributed by atoms with Crippen molar-refractivity contribution in [2.75, 3.05) is 25.0 Å². The largest absolute Gasteiger partial charge is 0.506 e. The maximum absolute atomic E-state index is 12.3. The van der Waals surface area contributed by atoms with Gasteiger partial charge < -0.3 is 31.4 Å². The van der Waals surface area contributed by atoms with Crippen LogP contribution in [0.25, 0.3) is 0 Å². The van der Waals surface area contributed by atoms with E-state index in [9.17, 15) is 19.5 Å². The molecule has 0 bridgehead atoms. The summed E-state index contributed by atoms with van der Waals surface area (Å²) in [4.78, 5) is 42.8. The number of aromatic nitrogens is 1. The molecule has 10 nitrogen and oxygen atoms in total. The average Bonchev–Trinajstić information content (AvgIpc) is 3.22. The summed E-state index contributed by atoms with van der Waals surface area (Å²) in [5, 5.41) is 21.0. The van der Waals surface area contributed by atoms with Crippen LogP contribution in [-0.2, 0) is 11.3 Å². The van der Waals surface area contributed by atoms with Gasteiger partial charge in [0.05, 0.1) is 23.7 Å². The van der Waals surface area contributed by atoms with Gasteiger partial charge in [-0.25, -0.2) is 0 Å². The van der Waals surface area contributed by atoms with Gasteiger partial charge in [0.25, 0.3) is 11.5 Å². The lowest BCUT2D eigenvalue weighted by atomic mass is 10.2. The minimum absolute atomic E-state index is 0.0251. The molecular weight excluding hydrogens is 435 g/mol. The van der Waals surface area contributed by atoms with Crippen LogP contribution in [0.2, 0.25) is 10.0 Å². The number of phenolic OH excluding ortho intramolecular Hbond substituents is 1. The first-order valence-corrected chi connectivity index (χ1v) is 9.59. The van der Waals surface area contributed by atoms with Crippen LogP contribution in [0.5, 0.6) is 5.75 Å². The van der Waals surface area contributed by atoms with Crippen molar-refractivity contribution in [2.24, 2.45) is 4.99 Å². The van der Waals surface area contributed by atoms with E-state index in [0.717, 1.165) is 0 Å². The molecule has 2 aromatic rings. The van der Waals surface area contributed by atoms with Crippen molar-refractivity contribution in [3.8, 4) is 5.75 Å². The van der Waals surface area contributed by atoms with E-state index in [4.69, 9.17) is 23.2 Å². The molecule has 0 fully saturated rings. The second-order valence-corrected chi connectivity index (χ2v) is 7.11. The molecule has 3 rings (SSSR count). The number of aliphatic imine (C=N–C) groups is 1. The normalized spacial score (nSPS) is 12.7. The number of phenols is 1. The topological polar surface area (TPSA) is 148 Å². The second kappa shape index (κ2) is 9.51. The van der Waals surface area contributed by atoms with Crippen molar-refractivity contribution in [1.29, 1.82) is 0 Å². The highest BCUT2D eigenvalue weighted by Gasteiger charge is 2.14. The van der Waals surface area contributed by atoms with Gasteiger partial charge in [0.1, 0.15) is 11.4 Å². The Balaban J connectivity index is 1.55. The first-order chi connectivity index (χ1) is 14.3. The highest BCUT2D eigenvalue weighted by Crippen LogP contribution is 2.30. The quantitative estimate of drug-likeness (QED) is 0.382. The Morgan fingerprint density at radius 2 is 2.00 bits per heavy atom. The Hall–Kier alpha value is -3.24. The van der Waals surface area contributed by atoms with Crippen LogP contribution in [0.15, 0.2) is 34.2 Å². The first kappa shape index (κ1) is 21.5. The van der Waals surface area contributed by atoms with Crippen molar-refractivity contribution in [1.82, 2.24) is 20.9 Å². The van der Waals surface area contributed by atoms with Gasteiger partial charge >= 0.3 is 0 Å². The number of anilines is 1. The fraction of sp³-hybridized carbons (Fsp3) is 0.222. The third kappa shape index (κ3) is 5.43. The van der Waals surface area contributed by atoms with Gasteiger partial charge in [-0.15, -0.1) is 0 Å². The number of benzene rings is 1. The number of guanidine groups is 1. The van der Waals surface area contributed by atoms with E-state index in [1.807, 2.05) is 0 Å². The van der Waals surface area contributed by atoms with Gasteiger partial charge in [-0.3, -0.25) is 19.4 Å². The highest BCUT2D eigenvalue weighted by molar-refractivity contribution is 6.35. The molecule has 0 radical (unpaired) electrons. The van der Waals surface area contributed by atoms with Crippen molar-refractivity contribution in [2.45, 2.75) is 6.54 Å². The number of H-pyrrole nitrogens is 1. The zero-order valence-corrected chi connectivity index (χ0v) is 17.0. The molecule has 30 heavy (non-hydrogen) atoms. The molecule has 2 heterocycles. The third-order valence-electron chi connectivity index (χ3n) is 4.09. The van der Waals surface area contributed by atoms with Crippen LogP contribution >= 0.6 is 23.2 Å². The smallest absolute Gasteiger partial charge is 0.271 e. The van der Waals surface area contributed by atoms with E-state index in [2.05, 4.69) is 31.2 Å². The predicted octanol–water partition coefficient (Wildman–Crippen LogP) is 0.805. The van der Waals surface area contributed by atoms with Gasteiger partial charge in [0.15, 0.2) is 5.96 Å². The minimum atomic E-state index is -0.556. The number of hydrogen-bond acceptors (Lipinski definition) is 7. The van der Waals surface area contributed by atoms with Crippen LogP contribution in [0, 0.1) is 0 Å². The van der Waals surface area contributed by atoms with E-state index in [0.29, 0.717) is 29.6 Å². The molecule has 0 aliphatic carbocycles. The summed E-state index contributed by atoms with van der Waals surface area (Å²) in [6.07, 6.45) is 1.25. The minimum Gasteiger partial charge on any atom is -0.506 e. The standard InChI is InChI=1S/C18H18Cl2N6O4/c19-11-3-9(15(28)12(20)5-11)6-23-14(27)8-25-16(29)10-4-13(17(30)24-7-10)26-18-21-1-2-22-18/h3-5,7,28H,1-2,6,8H2,(H,23,27)(H,24,30)(H,25,29)(H2,21,22,26). The summed E-state index contributed by atoms with van der Waals surface area (Å²) >= 11 is 11.7. The van der Waals surface area contributed by atoms with Gasteiger partial charge in [-0.1, -0.05) is 23.2 Å². The van der Waals surface area contributed by atoms with E-state index < -0.39 is 17.4 Å².